The summed E-state index contributed by atoms with van der Waals surface area (Å²) in [5.74, 6) is 1.10. The molecular formula is C11H9NO5. The van der Waals surface area contributed by atoms with E-state index in [0.29, 0.717) is 6.42 Å². The maximum atomic E-state index is 10.7. The number of carbonyl (C=O) groups is 1. The van der Waals surface area contributed by atoms with Crippen LogP contribution in [0.3, 0.4) is 0 Å². The van der Waals surface area contributed by atoms with Crippen LogP contribution in [0.5, 0.6) is 5.75 Å². The molecule has 17 heavy (non-hydrogen) atoms. The molecular weight excluding hydrogens is 226 g/mol. The van der Waals surface area contributed by atoms with E-state index in [1.165, 1.54) is 12.1 Å². The van der Waals surface area contributed by atoms with Crippen LogP contribution in [0, 0.1) is 22.5 Å². The van der Waals surface area contributed by atoms with Crippen LogP contribution >= 0.6 is 0 Å². The highest BCUT2D eigenvalue weighted by Gasteiger charge is 2.18. The number of carboxylic acids is 1. The maximum Gasteiger partial charge on any atom is 0.335 e. The topological polar surface area (TPSA) is 89.7 Å². The lowest BCUT2D eigenvalue weighted by molar-refractivity contribution is -0.385. The molecule has 0 atom stereocenters. The number of rotatable bonds is 5. The number of hydrogen-bond donors (Lipinski definition) is 1. The van der Waals surface area contributed by atoms with Crippen molar-refractivity contribution in [2.45, 2.75) is 6.42 Å². The second kappa shape index (κ2) is 5.51. The van der Waals surface area contributed by atoms with E-state index in [1.807, 2.05) is 0 Å². The number of carboxylic acid groups (broad SMARTS) is 1. The van der Waals surface area contributed by atoms with E-state index in [4.69, 9.17) is 16.3 Å². The summed E-state index contributed by atoms with van der Waals surface area (Å²) in [6.07, 6.45) is 5.33. The van der Waals surface area contributed by atoms with E-state index in [1.54, 1.807) is 0 Å². The maximum absolute atomic E-state index is 10.7. The highest BCUT2D eigenvalue weighted by atomic mass is 16.6. The first-order chi connectivity index (χ1) is 8.06. The third kappa shape index (κ3) is 3.21. The Bertz CT molecular complexity index is 489. The number of nitro benzene ring substituents is 1. The molecule has 0 heterocycles. The van der Waals surface area contributed by atoms with Crippen molar-refractivity contribution in [3.63, 3.8) is 0 Å². The fraction of sp³-hybridized carbons (Fsp3) is 0.182. The van der Waals surface area contributed by atoms with Crippen molar-refractivity contribution in [3.8, 4) is 18.1 Å². The summed E-state index contributed by atoms with van der Waals surface area (Å²) in [5.41, 5.74) is -0.553. The van der Waals surface area contributed by atoms with E-state index in [0.717, 1.165) is 6.07 Å². The van der Waals surface area contributed by atoms with Crippen molar-refractivity contribution < 1.29 is 19.6 Å². The molecule has 0 spiro atoms. The van der Waals surface area contributed by atoms with Gasteiger partial charge in [0.25, 0.3) is 0 Å². The van der Waals surface area contributed by atoms with Gasteiger partial charge in [-0.1, -0.05) is 0 Å². The average Bonchev–Trinajstić information content (AvgIpc) is 2.29. The van der Waals surface area contributed by atoms with Gasteiger partial charge in [-0.15, -0.1) is 12.3 Å². The summed E-state index contributed by atoms with van der Waals surface area (Å²) in [6.45, 7) is 0.143. The summed E-state index contributed by atoms with van der Waals surface area (Å²) >= 11 is 0. The van der Waals surface area contributed by atoms with Gasteiger partial charge in [-0.05, 0) is 12.1 Å². The predicted molar refractivity (Wildman–Crippen MR) is 59.0 cm³/mol. The normalized spacial score (nSPS) is 9.35. The minimum absolute atomic E-state index is 0.00949. The quantitative estimate of drug-likeness (QED) is 0.363. The van der Waals surface area contributed by atoms with Gasteiger partial charge in [-0.25, -0.2) is 4.79 Å². The lowest BCUT2D eigenvalue weighted by Gasteiger charge is -2.05. The summed E-state index contributed by atoms with van der Waals surface area (Å²) in [6, 6.07) is 3.44. The van der Waals surface area contributed by atoms with Crippen molar-refractivity contribution in [1.82, 2.24) is 0 Å². The molecule has 6 nitrogen and oxygen atoms in total. The van der Waals surface area contributed by atoms with E-state index >= 15 is 0 Å². The van der Waals surface area contributed by atoms with Crippen molar-refractivity contribution in [2.75, 3.05) is 6.61 Å². The molecule has 0 amide bonds. The van der Waals surface area contributed by atoms with Crippen molar-refractivity contribution in [1.29, 1.82) is 0 Å². The van der Waals surface area contributed by atoms with Gasteiger partial charge in [0.05, 0.1) is 17.1 Å². The monoisotopic (exact) mass is 235 g/mol. The van der Waals surface area contributed by atoms with Crippen LogP contribution in [-0.4, -0.2) is 22.6 Å². The molecule has 0 aliphatic carbocycles. The van der Waals surface area contributed by atoms with Gasteiger partial charge in [0.15, 0.2) is 5.75 Å². The molecule has 0 saturated heterocycles. The number of ether oxygens (including phenoxy) is 1. The fourth-order valence-electron chi connectivity index (χ4n) is 1.14. The first-order valence-electron chi connectivity index (χ1n) is 4.64. The molecule has 88 valence electrons. The third-order valence-corrected chi connectivity index (χ3v) is 1.91. The van der Waals surface area contributed by atoms with Gasteiger partial charge >= 0.3 is 11.7 Å². The van der Waals surface area contributed by atoms with Crippen LogP contribution in [0.1, 0.15) is 16.8 Å². The molecule has 1 N–H and O–H groups in total. The lowest BCUT2D eigenvalue weighted by Crippen LogP contribution is -2.02. The molecule has 0 fully saturated rings. The second-order valence-corrected chi connectivity index (χ2v) is 3.05. The number of terminal acetylenes is 1. The van der Waals surface area contributed by atoms with Gasteiger partial charge in [-0.2, -0.15) is 0 Å². The molecule has 1 aromatic rings. The standard InChI is InChI=1S/C11H9NO5/c1-2-3-6-17-10-5-4-8(11(13)14)7-9(10)12(15)16/h1,4-5,7H,3,6H2,(H,13,14). The zero-order chi connectivity index (χ0) is 12.8. The number of aromatic carboxylic acids is 1. The highest BCUT2D eigenvalue weighted by molar-refractivity contribution is 5.88. The zero-order valence-corrected chi connectivity index (χ0v) is 8.75. The van der Waals surface area contributed by atoms with Gasteiger partial charge < -0.3 is 9.84 Å². The smallest absolute Gasteiger partial charge is 0.335 e. The minimum Gasteiger partial charge on any atom is -0.486 e. The molecule has 0 aromatic heterocycles. The van der Waals surface area contributed by atoms with E-state index < -0.39 is 10.9 Å². The fourth-order valence-corrected chi connectivity index (χ4v) is 1.14. The van der Waals surface area contributed by atoms with Gasteiger partial charge in [0.1, 0.15) is 0 Å². The molecule has 1 rings (SSSR count). The van der Waals surface area contributed by atoms with Crippen LogP contribution in [0.2, 0.25) is 0 Å². The first-order valence-corrected chi connectivity index (χ1v) is 4.64. The SMILES string of the molecule is C#CCCOc1ccc(C(=O)O)cc1[N+](=O)[O-]. The van der Waals surface area contributed by atoms with Crippen molar-refractivity contribution >= 4 is 11.7 Å². The summed E-state index contributed by atoms with van der Waals surface area (Å²) < 4.78 is 5.10. The lowest BCUT2D eigenvalue weighted by atomic mass is 10.2. The summed E-state index contributed by atoms with van der Waals surface area (Å²) in [7, 11) is 0. The van der Waals surface area contributed by atoms with E-state index in [2.05, 4.69) is 5.92 Å². The van der Waals surface area contributed by atoms with Crippen molar-refractivity contribution in [3.05, 3.63) is 33.9 Å². The Balaban J connectivity index is 3.01. The number of nitro groups is 1. The van der Waals surface area contributed by atoms with Crippen molar-refractivity contribution in [2.24, 2.45) is 0 Å². The highest BCUT2D eigenvalue weighted by Crippen LogP contribution is 2.28. The first kappa shape index (κ1) is 12.5. The van der Waals surface area contributed by atoms with Gasteiger partial charge in [-0.3, -0.25) is 10.1 Å². The Morgan fingerprint density at radius 2 is 2.29 bits per heavy atom. The molecule has 0 bridgehead atoms. The van der Waals surface area contributed by atoms with Gasteiger partial charge in [0, 0.05) is 12.5 Å². The number of benzene rings is 1. The van der Waals surface area contributed by atoms with Crippen LogP contribution in [-0.2, 0) is 0 Å². The molecule has 0 unspecified atom stereocenters. The Morgan fingerprint density at radius 1 is 1.59 bits per heavy atom. The minimum atomic E-state index is -1.23. The Labute approximate surface area is 97.0 Å². The molecule has 0 radical (unpaired) electrons. The number of nitrogens with zero attached hydrogens (tertiary/aromatic N) is 1. The predicted octanol–water partition coefficient (Wildman–Crippen LogP) is 1.70. The van der Waals surface area contributed by atoms with E-state index in [-0.39, 0.29) is 23.6 Å². The van der Waals surface area contributed by atoms with Gasteiger partial charge in [0.2, 0.25) is 0 Å². The molecule has 0 aliphatic rings. The van der Waals surface area contributed by atoms with Crippen LogP contribution in [0.4, 0.5) is 5.69 Å². The van der Waals surface area contributed by atoms with Crippen LogP contribution < -0.4 is 4.74 Å². The largest absolute Gasteiger partial charge is 0.486 e. The van der Waals surface area contributed by atoms with Crippen LogP contribution in [0.25, 0.3) is 0 Å². The molecule has 1 aromatic carbocycles. The van der Waals surface area contributed by atoms with Crippen LogP contribution in [0.15, 0.2) is 18.2 Å². The molecule has 0 saturated carbocycles. The average molecular weight is 235 g/mol. The molecule has 6 heteroatoms. The number of hydrogen-bond acceptors (Lipinski definition) is 4. The summed E-state index contributed by atoms with van der Waals surface area (Å²) in [4.78, 5) is 20.7. The summed E-state index contributed by atoms with van der Waals surface area (Å²) in [5, 5.41) is 19.4. The molecule has 0 aliphatic heterocycles. The Kier molecular flexibility index (Phi) is 4.06. The van der Waals surface area contributed by atoms with E-state index in [9.17, 15) is 14.9 Å². The second-order valence-electron chi connectivity index (χ2n) is 3.05. The third-order valence-electron chi connectivity index (χ3n) is 1.91. The Morgan fingerprint density at radius 3 is 2.82 bits per heavy atom. The zero-order valence-electron chi connectivity index (χ0n) is 8.75. The Hall–Kier alpha value is -2.55.